The van der Waals surface area contributed by atoms with Crippen LogP contribution in [0.15, 0.2) is 139 Å². The Bertz CT molecular complexity index is 7790. The fourth-order valence-corrected chi connectivity index (χ4v) is 17.2. The maximum atomic E-state index is 9.06. The minimum Gasteiger partial charge on any atom is -0.466 e. The van der Waals surface area contributed by atoms with E-state index in [1.54, 1.807) is 120 Å². The van der Waals surface area contributed by atoms with Crippen LogP contribution >= 0.6 is 0 Å². The van der Waals surface area contributed by atoms with Gasteiger partial charge in [-0.1, -0.05) is 152 Å². The average Bonchev–Trinajstić information content (AvgIpc) is 1.60. The third-order valence-corrected chi connectivity index (χ3v) is 23.0. The molecule has 584 valence electrons. The average molecular weight is 1550 g/mol. The fraction of sp³-hybridized carbons (Fsp3) is 0.308. The van der Waals surface area contributed by atoms with E-state index in [1.165, 1.54) is 27.7 Å². The summed E-state index contributed by atoms with van der Waals surface area (Å²) in [5.74, 6) is -7.46. The van der Waals surface area contributed by atoms with Crippen LogP contribution in [0.4, 0.5) is 22.7 Å². The number of furan rings is 4. The van der Waals surface area contributed by atoms with Crippen LogP contribution in [0.25, 0.3) is 152 Å². The zero-order valence-corrected chi connectivity index (χ0v) is 70.4. The summed E-state index contributed by atoms with van der Waals surface area (Å²) in [5, 5.41) is 6.89. The topological polar surface area (TPSA) is 85.5 Å². The molecule has 4 atom stereocenters. The van der Waals surface area contributed by atoms with Crippen LogP contribution in [0.1, 0.15) is 218 Å². The SMILES string of the molecule is [2H]c1c(C)c(C([2H])(C)C([2H])([2H])[2H])c(C)[n+](C)c1-c1c(C)cc(C)c2c1oc1c([N+]#[C-])cccc12.[2H]c1c(C)c(C([2H])(C)C([2H])([2H])[2H])c(C)[n+](C)c1-c1c(C)ccc2c1oc1c([N+]#[C-])c(C)ccc12.[2H]c1c(C)c(C([2H])(C)C([2H])([2H])[2H])c(C)[n+](C)c1-c1c(C)ccc2c1oc1c([N+]#[C-])cc(C)cc12.[2H]c1c(C)c(C([2H])(C)C([2H])([2H])[2H])c(C)[n+](C)c1-c1c(C)ccc2c1oc1c([N+]#[C-])ccc(C)c12. The van der Waals surface area contributed by atoms with Gasteiger partial charge in [0.15, 0.2) is 22.8 Å². The molecule has 0 aliphatic rings. The molecule has 0 spiro atoms. The summed E-state index contributed by atoms with van der Waals surface area (Å²) < 4.78 is 198. The highest BCUT2D eigenvalue weighted by Gasteiger charge is 2.33. The van der Waals surface area contributed by atoms with E-state index in [9.17, 15) is 0 Å². The van der Waals surface area contributed by atoms with Crippen LogP contribution in [0.5, 0.6) is 0 Å². The van der Waals surface area contributed by atoms with Gasteiger partial charge < -0.3 is 17.7 Å². The summed E-state index contributed by atoms with van der Waals surface area (Å²) in [7, 11) is 7.16. The molecule has 0 radical (unpaired) electrons. The third kappa shape index (κ3) is 13.6. The lowest BCUT2D eigenvalue weighted by atomic mass is 9.92. The minimum atomic E-state index is -2.55. The third-order valence-electron chi connectivity index (χ3n) is 23.0. The van der Waals surface area contributed by atoms with E-state index in [-0.39, 0.29) is 24.2 Å². The lowest BCUT2D eigenvalue weighted by Crippen LogP contribution is -2.37. The molecule has 8 aromatic carbocycles. The van der Waals surface area contributed by atoms with Crippen LogP contribution in [0.3, 0.4) is 0 Å². The first-order chi connectivity index (χ1) is 62.9. The number of rotatable bonds is 8. The van der Waals surface area contributed by atoms with Gasteiger partial charge in [0.2, 0.25) is 45.5 Å². The van der Waals surface area contributed by atoms with Gasteiger partial charge in [-0.2, -0.15) is 18.3 Å². The lowest BCUT2D eigenvalue weighted by Gasteiger charge is -2.15. The zero-order valence-electron chi connectivity index (χ0n) is 90.4. The van der Waals surface area contributed by atoms with Crippen molar-refractivity contribution in [1.29, 1.82) is 0 Å². The van der Waals surface area contributed by atoms with Gasteiger partial charge in [0.25, 0.3) is 0 Å². The highest BCUT2D eigenvalue weighted by molar-refractivity contribution is 6.17. The molecule has 8 aromatic heterocycles. The van der Waals surface area contributed by atoms with Gasteiger partial charge in [-0.05, 0) is 174 Å². The van der Waals surface area contributed by atoms with Crippen molar-refractivity contribution in [2.24, 2.45) is 28.2 Å². The predicted octanol–water partition coefficient (Wildman–Crippen LogP) is 27.9. The molecule has 16 aromatic rings. The standard InChI is InChI=1S/4C26H27N2O/c1-14(2)22-17(5)13-21(28(8)18(22)6)24-16(4)9-11-19-23-15(3)10-12-20(27-7)26(23)29-25(19)24;1-14(2)22-17(5)13-21(28(8)18(22)6)23-15(3)9-11-19-20-12-10-16(4)24(27-7)26(20)29-25(19)23;1-14(2)23-17(5)13-22(28(8)18(23)6)24-16(4)9-10-19-20-11-15(3)12-21(27-7)25(20)29-26(19)24;1-14(2)22-17(5)13-21(28(8)18(22)6)24-16(4)12-15(3)23-19-10-9-11-20(27-7)25(19)29-26(23)24/h4*9-14H,1-6,8H3/q4*+1/i4*1D3,13D,14D. The number of aromatic nitrogens is 4. The molecule has 0 aliphatic heterocycles. The molecule has 116 heavy (non-hydrogen) atoms. The van der Waals surface area contributed by atoms with Gasteiger partial charge >= 0.3 is 0 Å². The van der Waals surface area contributed by atoms with Crippen molar-refractivity contribution in [1.82, 2.24) is 0 Å². The van der Waals surface area contributed by atoms with E-state index in [1.807, 2.05) is 134 Å². The Labute approximate surface area is 712 Å². The number of fused-ring (bicyclic) bond motifs is 12. The normalized spacial score (nSPS) is 16.5. The first-order valence-corrected chi connectivity index (χ1v) is 38.3. The Morgan fingerprint density at radius 2 is 0.647 bits per heavy atom. The number of hydrogen-bond acceptors (Lipinski definition) is 4. The maximum Gasteiger partial charge on any atom is 0.232 e. The molecule has 0 saturated carbocycles. The van der Waals surface area contributed by atoms with Crippen LogP contribution in [-0.4, -0.2) is 0 Å². The van der Waals surface area contributed by atoms with Gasteiger partial charge in [-0.25, -0.2) is 19.4 Å². The zero-order chi connectivity index (χ0) is 101. The van der Waals surface area contributed by atoms with Gasteiger partial charge in [-0.15, -0.1) is 0 Å². The molecule has 0 amide bonds. The van der Waals surface area contributed by atoms with E-state index in [0.29, 0.717) is 157 Å². The van der Waals surface area contributed by atoms with Crippen molar-refractivity contribution < 1.29 is 63.4 Å². The second kappa shape index (κ2) is 31.4. The number of nitrogens with zero attached hydrogens (tertiary/aromatic N) is 8. The molecular weight excluding hydrogens is 1430 g/mol. The van der Waals surface area contributed by atoms with Gasteiger partial charge in [0, 0.05) is 139 Å². The molecule has 12 heteroatoms. The predicted molar refractivity (Wildman–Crippen MR) is 479 cm³/mol. The molecule has 12 nitrogen and oxygen atoms in total. The largest absolute Gasteiger partial charge is 0.466 e. The molecule has 16 rings (SSSR count). The summed E-state index contributed by atoms with van der Waals surface area (Å²) in [6, 6.07) is 31.3. The smallest absolute Gasteiger partial charge is 0.232 e. The van der Waals surface area contributed by atoms with Crippen LogP contribution in [-0.2, 0) is 28.2 Å². The second-order valence-corrected chi connectivity index (χ2v) is 30.8. The summed E-state index contributed by atoms with van der Waals surface area (Å²) in [5.41, 5.74) is 24.6. The van der Waals surface area contributed by atoms with Crippen molar-refractivity contribution in [3.05, 3.63) is 279 Å². The van der Waals surface area contributed by atoms with Crippen molar-refractivity contribution >= 4 is 111 Å². The Morgan fingerprint density at radius 3 is 1.08 bits per heavy atom. The molecule has 0 saturated heterocycles. The molecule has 0 fully saturated rings. The van der Waals surface area contributed by atoms with Gasteiger partial charge in [0.1, 0.15) is 72.9 Å². The van der Waals surface area contributed by atoms with Crippen LogP contribution < -0.4 is 18.3 Å². The second-order valence-electron chi connectivity index (χ2n) is 30.8. The van der Waals surface area contributed by atoms with Crippen LogP contribution in [0.2, 0.25) is 0 Å². The van der Waals surface area contributed by atoms with Crippen molar-refractivity contribution in [3.8, 4) is 45.0 Å². The minimum absolute atomic E-state index is 0.156. The van der Waals surface area contributed by atoms with E-state index in [4.69, 9.17) is 71.4 Å². The monoisotopic (exact) mass is 1550 g/mol. The highest BCUT2D eigenvalue weighted by atomic mass is 16.3. The summed E-state index contributed by atoms with van der Waals surface area (Å²) >= 11 is 0. The molecule has 0 bridgehead atoms. The Morgan fingerprint density at radius 1 is 0.310 bits per heavy atom. The number of benzene rings is 8. The van der Waals surface area contributed by atoms with E-state index >= 15 is 0 Å². The molecular formula is C104H108N8O4+4. The van der Waals surface area contributed by atoms with Crippen LogP contribution in [0, 0.1) is 137 Å². The van der Waals surface area contributed by atoms with Crippen molar-refractivity contribution in [2.45, 2.75) is 189 Å². The summed E-state index contributed by atoms with van der Waals surface area (Å²) in [6.45, 7) is 55.2. The molecule has 4 unspecified atom stereocenters. The van der Waals surface area contributed by atoms with E-state index in [2.05, 4.69) is 19.4 Å². The van der Waals surface area contributed by atoms with Gasteiger partial charge in [-0.3, -0.25) is 0 Å². The summed E-state index contributed by atoms with van der Waals surface area (Å²) in [6.07, 6.45) is 0. The van der Waals surface area contributed by atoms with E-state index in [0.717, 1.165) is 110 Å². The first kappa shape index (κ1) is 59.2. The summed E-state index contributed by atoms with van der Waals surface area (Å²) in [4.78, 5) is 14.6. The Hall–Kier alpha value is -12.5. The lowest BCUT2D eigenvalue weighted by molar-refractivity contribution is -0.667. The number of aryl methyl sites for hydroxylation is 8. The van der Waals surface area contributed by atoms with Gasteiger partial charge in [0.05, 0.1) is 54.0 Å². The number of para-hydroxylation sites is 1. The maximum absolute atomic E-state index is 9.06. The Kier molecular flexibility index (Phi) is 16.0. The number of pyridine rings is 4. The van der Waals surface area contributed by atoms with Crippen molar-refractivity contribution in [2.75, 3.05) is 0 Å². The quantitative estimate of drug-likeness (QED) is 0.112. The molecule has 8 heterocycles. The van der Waals surface area contributed by atoms with Crippen molar-refractivity contribution in [3.63, 3.8) is 0 Å². The van der Waals surface area contributed by atoms with E-state index < -0.39 is 51.0 Å². The first-order valence-electron chi connectivity index (χ1n) is 48.3. The highest BCUT2D eigenvalue weighted by Crippen LogP contribution is 2.48. The Balaban J connectivity index is 0.000000153. The number of hydrogen-bond donors (Lipinski definition) is 0. The molecule has 0 aliphatic carbocycles. The fourth-order valence-electron chi connectivity index (χ4n) is 17.2. The molecule has 0 N–H and O–H groups in total.